The zero-order valence-electron chi connectivity index (χ0n) is 14.6. The highest BCUT2D eigenvalue weighted by Gasteiger charge is 2.27. The number of hydrogen-bond donors (Lipinski definition) is 1. The lowest BCUT2D eigenvalue weighted by Crippen LogP contribution is -2.13. The van der Waals surface area contributed by atoms with Crippen LogP contribution in [0.15, 0.2) is 46.8 Å². The highest BCUT2D eigenvalue weighted by molar-refractivity contribution is 7.92. The first-order chi connectivity index (χ1) is 13.3. The van der Waals surface area contributed by atoms with Gasteiger partial charge in [-0.3, -0.25) is 15.1 Å². The Morgan fingerprint density at radius 1 is 1.14 bits per heavy atom. The Labute approximate surface area is 164 Å². The summed E-state index contributed by atoms with van der Waals surface area (Å²) in [6.45, 7) is 1.70. The van der Waals surface area contributed by atoms with Crippen molar-refractivity contribution >= 4 is 32.2 Å². The van der Waals surface area contributed by atoms with Crippen LogP contribution in [0, 0.1) is 11.6 Å². The average Bonchev–Trinajstić information content (AvgIpc) is 3.09. The summed E-state index contributed by atoms with van der Waals surface area (Å²) in [6, 6.07) is 7.96. The number of thiazole rings is 1. The molecule has 0 spiro atoms. The van der Waals surface area contributed by atoms with Gasteiger partial charge in [-0.05, 0) is 30.7 Å². The van der Waals surface area contributed by atoms with Gasteiger partial charge in [0.2, 0.25) is 0 Å². The number of amides is 1. The molecule has 3 rings (SSSR count). The summed E-state index contributed by atoms with van der Waals surface area (Å²) in [5, 5.41) is 2.57. The minimum absolute atomic E-state index is 0.0695. The van der Waals surface area contributed by atoms with E-state index in [4.69, 9.17) is 0 Å². The third-order valence-corrected chi connectivity index (χ3v) is 7.08. The molecule has 0 aliphatic carbocycles. The number of pyridine rings is 1. The van der Waals surface area contributed by atoms with Gasteiger partial charge in [0.25, 0.3) is 5.91 Å². The summed E-state index contributed by atoms with van der Waals surface area (Å²) in [5.41, 5.74) is -0.163. The maximum Gasteiger partial charge on any atom is 0.276 e. The molecule has 10 heteroatoms. The normalized spacial score (nSPS) is 11.4. The van der Waals surface area contributed by atoms with Crippen LogP contribution in [0.5, 0.6) is 0 Å². The second-order valence-electron chi connectivity index (χ2n) is 5.74. The van der Waals surface area contributed by atoms with Crippen LogP contribution in [0.4, 0.5) is 13.9 Å². The van der Waals surface area contributed by atoms with Crippen molar-refractivity contribution in [2.24, 2.45) is 0 Å². The standard InChI is InChI=1S/C18H15F2N3O3S2/c1-2-14-17(28(25,26)10-11-12(19)6-5-7-13(11)20)27-18(22-14)23-16(24)15-8-3-4-9-21-15/h3-9H,2,10H2,1H3,(H,22,23,24). The van der Waals surface area contributed by atoms with Crippen LogP contribution in [0.2, 0.25) is 0 Å². The molecule has 0 fully saturated rings. The molecule has 0 saturated heterocycles. The van der Waals surface area contributed by atoms with E-state index in [9.17, 15) is 22.0 Å². The summed E-state index contributed by atoms with van der Waals surface area (Å²) in [7, 11) is -4.07. The van der Waals surface area contributed by atoms with Crippen molar-refractivity contribution in [2.45, 2.75) is 23.3 Å². The Morgan fingerprint density at radius 2 is 1.86 bits per heavy atom. The third-order valence-electron chi connectivity index (χ3n) is 3.79. The summed E-state index contributed by atoms with van der Waals surface area (Å²) in [4.78, 5) is 20.2. The van der Waals surface area contributed by atoms with E-state index in [2.05, 4.69) is 15.3 Å². The average molecular weight is 423 g/mol. The SMILES string of the molecule is CCc1nc(NC(=O)c2ccccn2)sc1S(=O)(=O)Cc1c(F)cccc1F. The lowest BCUT2D eigenvalue weighted by atomic mass is 10.2. The van der Waals surface area contributed by atoms with E-state index in [0.717, 1.165) is 29.5 Å². The zero-order chi connectivity index (χ0) is 20.3. The van der Waals surface area contributed by atoms with E-state index in [1.807, 2.05) is 0 Å². The van der Waals surface area contributed by atoms with Gasteiger partial charge in [0.1, 0.15) is 21.5 Å². The molecule has 1 aromatic carbocycles. The number of rotatable bonds is 6. The summed E-state index contributed by atoms with van der Waals surface area (Å²) < 4.78 is 53.1. The maximum absolute atomic E-state index is 13.9. The fourth-order valence-electron chi connectivity index (χ4n) is 2.44. The molecule has 6 nitrogen and oxygen atoms in total. The molecule has 1 N–H and O–H groups in total. The van der Waals surface area contributed by atoms with Crippen molar-refractivity contribution in [2.75, 3.05) is 5.32 Å². The van der Waals surface area contributed by atoms with Crippen LogP contribution in [0.1, 0.15) is 28.7 Å². The van der Waals surface area contributed by atoms with Crippen LogP contribution >= 0.6 is 11.3 Å². The Kier molecular flexibility index (Phi) is 5.80. The maximum atomic E-state index is 13.9. The quantitative estimate of drug-likeness (QED) is 0.654. The molecule has 0 saturated carbocycles. The number of halogens is 2. The van der Waals surface area contributed by atoms with Gasteiger partial charge in [0, 0.05) is 11.8 Å². The first-order valence-electron chi connectivity index (χ1n) is 8.19. The van der Waals surface area contributed by atoms with E-state index in [1.165, 1.54) is 12.3 Å². The number of sulfone groups is 1. The molecule has 0 atom stereocenters. The minimum atomic E-state index is -4.07. The number of carbonyl (C=O) groups excluding carboxylic acids is 1. The Hall–Kier alpha value is -2.72. The number of carbonyl (C=O) groups is 1. The van der Waals surface area contributed by atoms with Gasteiger partial charge in [-0.25, -0.2) is 22.2 Å². The predicted octanol–water partition coefficient (Wildman–Crippen LogP) is 3.60. The molecule has 0 unspecified atom stereocenters. The highest BCUT2D eigenvalue weighted by Crippen LogP contribution is 2.31. The van der Waals surface area contributed by atoms with E-state index in [1.54, 1.807) is 19.1 Å². The molecule has 0 radical (unpaired) electrons. The monoisotopic (exact) mass is 423 g/mol. The van der Waals surface area contributed by atoms with Crippen LogP contribution in [0.3, 0.4) is 0 Å². The lowest BCUT2D eigenvalue weighted by Gasteiger charge is -2.06. The van der Waals surface area contributed by atoms with Gasteiger partial charge in [-0.15, -0.1) is 0 Å². The largest absolute Gasteiger partial charge is 0.296 e. The van der Waals surface area contributed by atoms with E-state index < -0.39 is 38.7 Å². The molecule has 2 heterocycles. The Bertz CT molecular complexity index is 1100. The van der Waals surface area contributed by atoms with Crippen molar-refractivity contribution in [1.29, 1.82) is 0 Å². The number of hydrogen-bond acceptors (Lipinski definition) is 6. The van der Waals surface area contributed by atoms with E-state index >= 15 is 0 Å². The minimum Gasteiger partial charge on any atom is -0.296 e. The smallest absolute Gasteiger partial charge is 0.276 e. The number of anilines is 1. The Balaban J connectivity index is 1.90. The third kappa shape index (κ3) is 4.23. The second-order valence-corrected chi connectivity index (χ2v) is 8.92. The molecule has 0 bridgehead atoms. The molecular formula is C18H15F2N3O3S2. The number of aryl methyl sites for hydroxylation is 1. The molecule has 146 valence electrons. The zero-order valence-corrected chi connectivity index (χ0v) is 16.3. The highest BCUT2D eigenvalue weighted by atomic mass is 32.2. The second kappa shape index (κ2) is 8.11. The summed E-state index contributed by atoms with van der Waals surface area (Å²) in [5.74, 6) is -3.25. The molecule has 1 amide bonds. The number of nitrogens with one attached hydrogen (secondary N) is 1. The number of benzene rings is 1. The van der Waals surface area contributed by atoms with Gasteiger partial charge < -0.3 is 0 Å². The molecule has 0 aliphatic heterocycles. The van der Waals surface area contributed by atoms with E-state index in [0.29, 0.717) is 0 Å². The molecule has 2 aromatic heterocycles. The molecule has 3 aromatic rings. The molecule has 0 aliphatic rings. The van der Waals surface area contributed by atoms with Crippen molar-refractivity contribution in [3.05, 3.63) is 71.2 Å². The molecular weight excluding hydrogens is 408 g/mol. The number of aromatic nitrogens is 2. The van der Waals surface area contributed by atoms with Crippen molar-refractivity contribution in [3.63, 3.8) is 0 Å². The van der Waals surface area contributed by atoms with Gasteiger partial charge in [0.15, 0.2) is 15.0 Å². The topological polar surface area (TPSA) is 89.0 Å². The van der Waals surface area contributed by atoms with Crippen molar-refractivity contribution < 1.29 is 22.0 Å². The predicted molar refractivity (Wildman–Crippen MR) is 101 cm³/mol. The van der Waals surface area contributed by atoms with Gasteiger partial charge in [-0.2, -0.15) is 0 Å². The fraction of sp³-hybridized carbons (Fsp3) is 0.167. The first-order valence-corrected chi connectivity index (χ1v) is 10.7. The molecule has 28 heavy (non-hydrogen) atoms. The van der Waals surface area contributed by atoms with Crippen molar-refractivity contribution in [1.82, 2.24) is 9.97 Å². The lowest BCUT2D eigenvalue weighted by molar-refractivity contribution is 0.102. The van der Waals surface area contributed by atoms with Crippen LogP contribution in [-0.2, 0) is 22.0 Å². The van der Waals surface area contributed by atoms with Crippen molar-refractivity contribution in [3.8, 4) is 0 Å². The van der Waals surface area contributed by atoms with Crippen LogP contribution in [-0.4, -0.2) is 24.3 Å². The van der Waals surface area contributed by atoms with Crippen LogP contribution in [0.25, 0.3) is 0 Å². The van der Waals surface area contributed by atoms with Gasteiger partial charge in [0.05, 0.1) is 11.4 Å². The van der Waals surface area contributed by atoms with Crippen LogP contribution < -0.4 is 5.32 Å². The Morgan fingerprint density at radius 3 is 2.46 bits per heavy atom. The fourth-order valence-corrected chi connectivity index (χ4v) is 5.48. The summed E-state index contributed by atoms with van der Waals surface area (Å²) in [6.07, 6.45) is 1.72. The summed E-state index contributed by atoms with van der Waals surface area (Å²) >= 11 is 0.741. The first kappa shape index (κ1) is 20.0. The van der Waals surface area contributed by atoms with Gasteiger partial charge >= 0.3 is 0 Å². The number of nitrogens with zero attached hydrogens (tertiary/aromatic N) is 2. The van der Waals surface area contributed by atoms with Gasteiger partial charge in [-0.1, -0.05) is 30.4 Å². The van der Waals surface area contributed by atoms with E-state index in [-0.39, 0.29) is 27.1 Å².